The molecule has 0 bridgehead atoms. The van der Waals surface area contributed by atoms with E-state index in [1.54, 1.807) is 7.05 Å². The van der Waals surface area contributed by atoms with Crippen LogP contribution in [0, 0.1) is 0 Å². The molecule has 1 N–H and O–H groups in total. The maximum atomic E-state index is 11.7. The Kier molecular flexibility index (Phi) is 2.88. The Labute approximate surface area is 114 Å². The lowest BCUT2D eigenvalue weighted by Crippen LogP contribution is -2.49. The minimum absolute atomic E-state index is 0.0505. The molecule has 0 radical (unpaired) electrons. The molecule has 1 spiro atoms. The van der Waals surface area contributed by atoms with Gasteiger partial charge in [0.05, 0.1) is 0 Å². The molecule has 2 aliphatic rings. The largest absolute Gasteiger partial charge is 0.373 e. The summed E-state index contributed by atoms with van der Waals surface area (Å²) in [4.78, 5) is 16.0. The van der Waals surface area contributed by atoms with Crippen molar-refractivity contribution in [1.82, 2.24) is 10.2 Å². The quantitative estimate of drug-likeness (QED) is 0.771. The Balaban J connectivity index is 1.83. The lowest BCUT2D eigenvalue weighted by Gasteiger charge is -2.39. The fraction of sp³-hybridized carbons (Fsp3) is 0.533. The van der Waals surface area contributed by atoms with Crippen LogP contribution in [0.15, 0.2) is 24.3 Å². The third-order valence-electron chi connectivity index (χ3n) is 4.65. The van der Waals surface area contributed by atoms with E-state index in [1.807, 2.05) is 4.90 Å². The fourth-order valence-corrected chi connectivity index (χ4v) is 3.60. The first kappa shape index (κ1) is 12.3. The Bertz CT molecular complexity index is 492. The van der Waals surface area contributed by atoms with Gasteiger partial charge in [0.25, 0.3) is 0 Å². The molecule has 0 atom stereocenters. The van der Waals surface area contributed by atoms with Gasteiger partial charge in [-0.1, -0.05) is 18.2 Å². The molecule has 4 nitrogen and oxygen atoms in total. The number of nitrogens with one attached hydrogen (secondary N) is 1. The number of nitrogens with zero attached hydrogens (tertiary/aromatic N) is 2. The zero-order valence-corrected chi connectivity index (χ0v) is 11.6. The second kappa shape index (κ2) is 4.44. The van der Waals surface area contributed by atoms with E-state index >= 15 is 0 Å². The minimum Gasteiger partial charge on any atom is -0.373 e. The van der Waals surface area contributed by atoms with Gasteiger partial charge in [-0.05, 0) is 24.5 Å². The molecule has 3 rings (SSSR count). The Morgan fingerprint density at radius 1 is 1.26 bits per heavy atom. The number of piperidine rings is 1. The maximum Gasteiger partial charge on any atom is 0.317 e. The number of carbonyl (C=O) groups excluding carboxylic acids is 1. The summed E-state index contributed by atoms with van der Waals surface area (Å²) in [6, 6.07) is 8.75. The number of anilines is 1. The van der Waals surface area contributed by atoms with E-state index in [2.05, 4.69) is 41.5 Å². The number of para-hydroxylation sites is 1. The maximum absolute atomic E-state index is 11.7. The van der Waals surface area contributed by atoms with Crippen LogP contribution in [0.2, 0.25) is 0 Å². The predicted molar refractivity (Wildman–Crippen MR) is 76.7 cm³/mol. The molecular weight excluding hydrogens is 238 g/mol. The zero-order valence-electron chi connectivity index (χ0n) is 11.6. The fourth-order valence-electron chi connectivity index (χ4n) is 3.60. The lowest BCUT2D eigenvalue weighted by molar-refractivity contribution is 0.163. The smallest absolute Gasteiger partial charge is 0.317 e. The number of rotatable bonds is 0. The van der Waals surface area contributed by atoms with E-state index in [4.69, 9.17) is 0 Å². The summed E-state index contributed by atoms with van der Waals surface area (Å²) in [6.45, 7) is 2.78. The van der Waals surface area contributed by atoms with E-state index in [0.717, 1.165) is 32.5 Å². The lowest BCUT2D eigenvalue weighted by atomic mass is 9.74. The van der Waals surface area contributed by atoms with Gasteiger partial charge in [0.2, 0.25) is 0 Å². The second-order valence-electron chi connectivity index (χ2n) is 5.70. The molecule has 1 aromatic rings. The standard InChI is InChI=1S/C15H21N3O/c1-16-14(19)18-9-7-15(8-10-18)11-17(2)13-6-4-3-5-12(13)15/h3-6H,7-11H2,1-2H3,(H,16,19). The van der Waals surface area contributed by atoms with Crippen LogP contribution in [0.5, 0.6) is 0 Å². The van der Waals surface area contributed by atoms with Crippen LogP contribution < -0.4 is 10.2 Å². The first-order valence-corrected chi connectivity index (χ1v) is 6.94. The SMILES string of the molecule is CNC(=O)N1CCC2(CC1)CN(C)c1ccccc12. The summed E-state index contributed by atoms with van der Waals surface area (Å²) in [7, 11) is 3.87. The number of likely N-dealkylation sites (N-methyl/N-ethyl adjacent to an activating group) is 1. The van der Waals surface area contributed by atoms with Gasteiger partial charge in [0.1, 0.15) is 0 Å². The van der Waals surface area contributed by atoms with Gasteiger partial charge in [-0.25, -0.2) is 4.79 Å². The molecule has 1 aromatic carbocycles. The number of carbonyl (C=O) groups is 1. The van der Waals surface area contributed by atoms with E-state index in [0.29, 0.717) is 0 Å². The molecule has 1 fully saturated rings. The van der Waals surface area contributed by atoms with Gasteiger partial charge in [-0.3, -0.25) is 0 Å². The highest BCUT2D eigenvalue weighted by Crippen LogP contribution is 2.46. The second-order valence-corrected chi connectivity index (χ2v) is 5.70. The molecule has 0 unspecified atom stereocenters. The van der Waals surface area contributed by atoms with Crippen LogP contribution in [-0.2, 0) is 5.41 Å². The first-order chi connectivity index (χ1) is 9.16. The Morgan fingerprint density at radius 2 is 1.95 bits per heavy atom. The van der Waals surface area contributed by atoms with Crippen molar-refractivity contribution in [2.75, 3.05) is 38.6 Å². The molecule has 0 saturated carbocycles. The van der Waals surface area contributed by atoms with Crippen LogP contribution >= 0.6 is 0 Å². The summed E-state index contributed by atoms with van der Waals surface area (Å²) in [6.07, 6.45) is 2.11. The molecule has 102 valence electrons. The summed E-state index contributed by atoms with van der Waals surface area (Å²) < 4.78 is 0. The van der Waals surface area contributed by atoms with E-state index < -0.39 is 0 Å². The van der Waals surface area contributed by atoms with Crippen LogP contribution in [0.1, 0.15) is 18.4 Å². The van der Waals surface area contributed by atoms with Crippen LogP contribution in [0.4, 0.5) is 10.5 Å². The summed E-state index contributed by atoms with van der Waals surface area (Å²) in [5.74, 6) is 0. The molecule has 19 heavy (non-hydrogen) atoms. The van der Waals surface area contributed by atoms with Crippen molar-refractivity contribution in [2.24, 2.45) is 0 Å². The summed E-state index contributed by atoms with van der Waals surface area (Å²) in [5, 5.41) is 2.72. The summed E-state index contributed by atoms with van der Waals surface area (Å²) in [5.41, 5.74) is 3.07. The van der Waals surface area contributed by atoms with Crippen molar-refractivity contribution in [3.8, 4) is 0 Å². The molecule has 4 heteroatoms. The van der Waals surface area contributed by atoms with Crippen molar-refractivity contribution >= 4 is 11.7 Å². The zero-order chi connectivity index (χ0) is 13.5. The van der Waals surface area contributed by atoms with E-state index in [1.165, 1.54) is 11.3 Å². The number of benzene rings is 1. The van der Waals surface area contributed by atoms with Crippen molar-refractivity contribution in [3.05, 3.63) is 29.8 Å². The van der Waals surface area contributed by atoms with Crippen molar-refractivity contribution in [2.45, 2.75) is 18.3 Å². The third-order valence-corrected chi connectivity index (χ3v) is 4.65. The molecular formula is C15H21N3O. The van der Waals surface area contributed by atoms with E-state index in [9.17, 15) is 4.79 Å². The molecule has 0 aromatic heterocycles. The van der Waals surface area contributed by atoms with Gasteiger partial charge in [-0.2, -0.15) is 0 Å². The number of urea groups is 1. The number of likely N-dealkylation sites (tertiary alicyclic amines) is 1. The van der Waals surface area contributed by atoms with Gasteiger partial charge in [-0.15, -0.1) is 0 Å². The number of amides is 2. The first-order valence-electron chi connectivity index (χ1n) is 6.94. The highest BCUT2D eigenvalue weighted by atomic mass is 16.2. The van der Waals surface area contributed by atoms with Crippen LogP contribution in [0.3, 0.4) is 0 Å². The monoisotopic (exact) mass is 259 g/mol. The summed E-state index contributed by atoms with van der Waals surface area (Å²) >= 11 is 0. The predicted octanol–water partition coefficient (Wildman–Crippen LogP) is 1.81. The average molecular weight is 259 g/mol. The van der Waals surface area contributed by atoms with Gasteiger partial charge in [0.15, 0.2) is 0 Å². The number of hydrogen-bond acceptors (Lipinski definition) is 2. The molecule has 2 heterocycles. The molecule has 1 saturated heterocycles. The van der Waals surface area contributed by atoms with E-state index in [-0.39, 0.29) is 11.4 Å². The number of hydrogen-bond donors (Lipinski definition) is 1. The molecule has 2 amide bonds. The van der Waals surface area contributed by atoms with Crippen LogP contribution in [0.25, 0.3) is 0 Å². The molecule has 2 aliphatic heterocycles. The van der Waals surface area contributed by atoms with Crippen LogP contribution in [-0.4, -0.2) is 44.7 Å². The van der Waals surface area contributed by atoms with Crippen molar-refractivity contribution < 1.29 is 4.79 Å². The number of fused-ring (bicyclic) bond motifs is 2. The Hall–Kier alpha value is -1.71. The van der Waals surface area contributed by atoms with Crippen molar-refractivity contribution in [1.29, 1.82) is 0 Å². The normalized spacial score (nSPS) is 20.5. The van der Waals surface area contributed by atoms with Gasteiger partial charge in [0, 0.05) is 44.8 Å². The third kappa shape index (κ3) is 1.86. The van der Waals surface area contributed by atoms with Gasteiger partial charge < -0.3 is 15.1 Å². The average Bonchev–Trinajstić information content (AvgIpc) is 2.72. The van der Waals surface area contributed by atoms with Crippen molar-refractivity contribution in [3.63, 3.8) is 0 Å². The highest BCUT2D eigenvalue weighted by Gasteiger charge is 2.43. The molecule has 0 aliphatic carbocycles. The van der Waals surface area contributed by atoms with Gasteiger partial charge >= 0.3 is 6.03 Å². The highest BCUT2D eigenvalue weighted by molar-refractivity contribution is 5.74. The topological polar surface area (TPSA) is 35.6 Å². The minimum atomic E-state index is 0.0505. The Morgan fingerprint density at radius 3 is 2.63 bits per heavy atom.